The highest BCUT2D eigenvalue weighted by Crippen LogP contribution is 2.37. The average Bonchev–Trinajstić information content (AvgIpc) is 3.28. The van der Waals surface area contributed by atoms with E-state index in [2.05, 4.69) is 106 Å². The average molecular weight is 384 g/mol. The van der Waals surface area contributed by atoms with Crippen molar-refractivity contribution in [1.29, 1.82) is 0 Å². The van der Waals surface area contributed by atoms with Crippen LogP contribution < -0.4 is 4.57 Å². The quantitative estimate of drug-likeness (QED) is 0.349. The van der Waals surface area contributed by atoms with Crippen molar-refractivity contribution < 1.29 is 4.57 Å². The third-order valence-corrected chi connectivity index (χ3v) is 6.26. The molecule has 7 aromatic rings. The fourth-order valence-corrected chi connectivity index (χ4v) is 4.93. The molecule has 0 bridgehead atoms. The van der Waals surface area contributed by atoms with E-state index in [1.165, 1.54) is 38.0 Å². The third-order valence-electron chi connectivity index (χ3n) is 6.26. The predicted molar refractivity (Wildman–Crippen MR) is 122 cm³/mol. The van der Waals surface area contributed by atoms with Crippen molar-refractivity contribution in [3.05, 3.63) is 103 Å². The maximum absolute atomic E-state index is 5.18. The smallest absolute Gasteiger partial charge is 0.217 e. The third kappa shape index (κ3) is 2.04. The molecular weight excluding hydrogens is 366 g/mol. The molecule has 0 amide bonds. The zero-order valence-electron chi connectivity index (χ0n) is 16.3. The molecule has 0 saturated heterocycles. The SMILES string of the molecule is c1ccc(C[n+]2c3ccccc3n3nc4c(cc32)c2cccc3cccc4c32)cc1. The second-order valence-electron chi connectivity index (χ2n) is 7.95. The number of rotatable bonds is 2. The molecule has 0 spiro atoms. The maximum Gasteiger partial charge on any atom is 0.309 e. The van der Waals surface area contributed by atoms with E-state index < -0.39 is 0 Å². The number of para-hydroxylation sites is 2. The van der Waals surface area contributed by atoms with Gasteiger partial charge in [0.1, 0.15) is 12.1 Å². The highest BCUT2D eigenvalue weighted by Gasteiger charge is 2.23. The Morgan fingerprint density at radius 2 is 1.47 bits per heavy atom. The lowest BCUT2D eigenvalue weighted by molar-refractivity contribution is -0.636. The topological polar surface area (TPSA) is 21.2 Å². The zero-order chi connectivity index (χ0) is 19.7. The summed E-state index contributed by atoms with van der Waals surface area (Å²) in [5, 5.41) is 11.5. The van der Waals surface area contributed by atoms with E-state index in [1.807, 2.05) is 0 Å². The van der Waals surface area contributed by atoms with Crippen LogP contribution in [0.5, 0.6) is 0 Å². The molecular formula is C27H18N3+. The number of benzene rings is 4. The normalized spacial score (nSPS) is 12.1. The van der Waals surface area contributed by atoms with Gasteiger partial charge in [-0.2, -0.15) is 0 Å². The second-order valence-corrected chi connectivity index (χ2v) is 7.95. The molecule has 7 rings (SSSR count). The van der Waals surface area contributed by atoms with Crippen LogP contribution in [-0.4, -0.2) is 9.61 Å². The number of aromatic nitrogens is 3. The molecule has 3 heteroatoms. The summed E-state index contributed by atoms with van der Waals surface area (Å²) in [6.45, 7) is 0.815. The summed E-state index contributed by atoms with van der Waals surface area (Å²) in [5.74, 6) is 0. The summed E-state index contributed by atoms with van der Waals surface area (Å²) in [5.41, 5.74) is 5.80. The first kappa shape index (κ1) is 15.9. The van der Waals surface area contributed by atoms with E-state index in [1.54, 1.807) is 0 Å². The van der Waals surface area contributed by atoms with Gasteiger partial charge in [-0.1, -0.05) is 88.5 Å². The van der Waals surface area contributed by atoms with Crippen molar-refractivity contribution >= 4 is 49.1 Å². The highest BCUT2D eigenvalue weighted by molar-refractivity contribution is 6.29. The van der Waals surface area contributed by atoms with E-state index in [-0.39, 0.29) is 0 Å². The van der Waals surface area contributed by atoms with Crippen molar-refractivity contribution in [3.63, 3.8) is 0 Å². The Kier molecular flexibility index (Phi) is 3.06. The molecule has 0 aliphatic rings. The summed E-state index contributed by atoms with van der Waals surface area (Å²) in [6, 6.07) is 34.6. The summed E-state index contributed by atoms with van der Waals surface area (Å²) >= 11 is 0. The molecule has 5 aromatic carbocycles. The molecule has 30 heavy (non-hydrogen) atoms. The zero-order valence-corrected chi connectivity index (χ0v) is 16.3. The summed E-state index contributed by atoms with van der Waals surface area (Å²) in [7, 11) is 0. The lowest BCUT2D eigenvalue weighted by Crippen LogP contribution is -2.34. The highest BCUT2D eigenvalue weighted by atomic mass is 15.3. The summed E-state index contributed by atoms with van der Waals surface area (Å²) in [4.78, 5) is 0. The first-order valence-electron chi connectivity index (χ1n) is 10.3. The molecule has 0 aliphatic heterocycles. The Hall–Kier alpha value is -3.98. The number of nitrogens with zero attached hydrogens (tertiary/aromatic N) is 3. The van der Waals surface area contributed by atoms with E-state index in [0.717, 1.165) is 23.2 Å². The largest absolute Gasteiger partial charge is 0.309 e. The van der Waals surface area contributed by atoms with Gasteiger partial charge in [-0.15, -0.1) is 0 Å². The number of hydrogen-bond donors (Lipinski definition) is 0. The molecule has 0 fully saturated rings. The van der Waals surface area contributed by atoms with Gasteiger partial charge in [-0.3, -0.25) is 0 Å². The molecule has 3 nitrogen and oxygen atoms in total. The molecule has 2 heterocycles. The Morgan fingerprint density at radius 3 is 2.33 bits per heavy atom. The fraction of sp³-hybridized carbons (Fsp3) is 0.0370. The Balaban J connectivity index is 1.65. The molecule has 0 radical (unpaired) electrons. The molecule has 0 saturated carbocycles. The van der Waals surface area contributed by atoms with Crippen LogP contribution in [0, 0.1) is 0 Å². The minimum absolute atomic E-state index is 0.815. The molecule has 0 N–H and O–H groups in total. The van der Waals surface area contributed by atoms with Gasteiger partial charge >= 0.3 is 5.65 Å². The molecule has 0 atom stereocenters. The van der Waals surface area contributed by atoms with Crippen molar-refractivity contribution in [2.75, 3.05) is 0 Å². The van der Waals surface area contributed by atoms with Crippen molar-refractivity contribution in [3.8, 4) is 0 Å². The van der Waals surface area contributed by atoms with Gasteiger partial charge in [0, 0.05) is 16.8 Å². The van der Waals surface area contributed by atoms with E-state index in [4.69, 9.17) is 5.10 Å². The lowest BCUT2D eigenvalue weighted by atomic mass is 10.1. The van der Waals surface area contributed by atoms with Crippen LogP contribution in [0.1, 0.15) is 5.56 Å². The van der Waals surface area contributed by atoms with E-state index in [9.17, 15) is 0 Å². The van der Waals surface area contributed by atoms with Gasteiger partial charge in [0.05, 0.1) is 0 Å². The summed E-state index contributed by atoms with van der Waals surface area (Å²) < 4.78 is 4.49. The Bertz CT molecular complexity index is 1710. The van der Waals surface area contributed by atoms with Gasteiger partial charge in [0.2, 0.25) is 5.52 Å². The number of hydrogen-bond acceptors (Lipinski definition) is 1. The standard InChI is InChI=1S/C27H18N3/c1-2-8-18(9-3-1)17-29-23-14-4-5-15-24(23)30-25(29)16-22-20-12-6-10-19-11-7-13-21(26(19)20)27(22)28-30/h1-16H,17H2/q+1. The predicted octanol–water partition coefficient (Wildman–Crippen LogP) is 5.72. The minimum atomic E-state index is 0.815. The van der Waals surface area contributed by atoms with Crippen LogP contribution in [0.4, 0.5) is 0 Å². The van der Waals surface area contributed by atoms with E-state index in [0.29, 0.717) is 0 Å². The van der Waals surface area contributed by atoms with Crippen LogP contribution in [-0.2, 0) is 6.54 Å². The Labute approximate surface area is 172 Å². The van der Waals surface area contributed by atoms with Crippen LogP contribution >= 0.6 is 0 Å². The van der Waals surface area contributed by atoms with Gasteiger partial charge < -0.3 is 0 Å². The fourth-order valence-electron chi connectivity index (χ4n) is 4.93. The van der Waals surface area contributed by atoms with Gasteiger partial charge in [-0.25, -0.2) is 4.57 Å². The van der Waals surface area contributed by atoms with Crippen LogP contribution in [0.15, 0.2) is 97.1 Å². The lowest BCUT2D eigenvalue weighted by Gasteiger charge is -2.00. The van der Waals surface area contributed by atoms with E-state index >= 15 is 0 Å². The molecule has 140 valence electrons. The maximum atomic E-state index is 5.18. The molecule has 0 unspecified atom stereocenters. The van der Waals surface area contributed by atoms with Crippen molar-refractivity contribution in [2.45, 2.75) is 6.54 Å². The van der Waals surface area contributed by atoms with Gasteiger partial charge in [0.15, 0.2) is 5.52 Å². The first-order chi connectivity index (χ1) is 14.9. The van der Waals surface area contributed by atoms with Crippen LogP contribution in [0.2, 0.25) is 0 Å². The van der Waals surface area contributed by atoms with Crippen molar-refractivity contribution in [2.24, 2.45) is 0 Å². The molecule has 0 aliphatic carbocycles. The molecule has 2 aromatic heterocycles. The number of imidazole rings is 1. The van der Waals surface area contributed by atoms with Crippen LogP contribution in [0.25, 0.3) is 49.1 Å². The minimum Gasteiger partial charge on any atom is -0.217 e. The Morgan fingerprint density at radius 1 is 0.700 bits per heavy atom. The van der Waals surface area contributed by atoms with Gasteiger partial charge in [0.25, 0.3) is 0 Å². The number of fused-ring (bicyclic) bond motifs is 6. The van der Waals surface area contributed by atoms with Crippen molar-refractivity contribution in [1.82, 2.24) is 9.61 Å². The van der Waals surface area contributed by atoms with Crippen LogP contribution in [0.3, 0.4) is 0 Å². The van der Waals surface area contributed by atoms with Gasteiger partial charge in [-0.05, 0) is 33.9 Å². The monoisotopic (exact) mass is 384 g/mol. The summed E-state index contributed by atoms with van der Waals surface area (Å²) in [6.07, 6.45) is 0. The second kappa shape index (κ2) is 5.77. The first-order valence-corrected chi connectivity index (χ1v) is 10.3.